The molecule has 130 valence electrons. The Morgan fingerprint density at radius 1 is 1.08 bits per heavy atom. The first-order valence-electron chi connectivity index (χ1n) is 9.36. The average Bonchev–Trinajstić information content (AvgIpc) is 2.82. The highest BCUT2D eigenvalue weighted by molar-refractivity contribution is 5.94. The van der Waals surface area contributed by atoms with Gasteiger partial charge in [0.15, 0.2) is 0 Å². The van der Waals surface area contributed by atoms with Crippen molar-refractivity contribution in [2.45, 2.75) is 57.3 Å². The standard InChI is InChI=1S/C22H26N2O/c1-17-9-11-18(12-10-17)16-24-20-8-5-14-22(24,15-13-20)23-21(25)19-6-3-2-4-7-19/h2-4,6-7,9-12,20H,5,8,13-16H2,1H3,(H,23,25). The van der Waals surface area contributed by atoms with Gasteiger partial charge >= 0.3 is 0 Å². The van der Waals surface area contributed by atoms with Crippen LogP contribution in [0.15, 0.2) is 54.6 Å². The van der Waals surface area contributed by atoms with Gasteiger partial charge in [0.05, 0.1) is 5.66 Å². The minimum Gasteiger partial charge on any atom is -0.334 e. The SMILES string of the molecule is Cc1ccc(CN2C3CCCC2(NC(=O)c2ccccc2)CC3)cc1. The fourth-order valence-electron chi connectivity index (χ4n) is 4.49. The summed E-state index contributed by atoms with van der Waals surface area (Å²) in [6, 6.07) is 19.0. The van der Waals surface area contributed by atoms with Crippen molar-refractivity contribution in [3.63, 3.8) is 0 Å². The van der Waals surface area contributed by atoms with E-state index in [1.807, 2.05) is 30.3 Å². The minimum atomic E-state index is -0.180. The first kappa shape index (κ1) is 16.3. The second-order valence-electron chi connectivity index (χ2n) is 7.55. The molecule has 0 spiro atoms. The highest BCUT2D eigenvalue weighted by atomic mass is 16.2. The molecule has 3 nitrogen and oxygen atoms in total. The van der Waals surface area contributed by atoms with E-state index >= 15 is 0 Å². The molecule has 2 heterocycles. The molecule has 0 radical (unpaired) electrons. The van der Waals surface area contributed by atoms with Gasteiger partial charge in [-0.05, 0) is 56.7 Å². The van der Waals surface area contributed by atoms with Crippen LogP contribution < -0.4 is 5.32 Å². The van der Waals surface area contributed by atoms with E-state index in [0.717, 1.165) is 24.9 Å². The van der Waals surface area contributed by atoms with Crippen molar-refractivity contribution in [2.75, 3.05) is 0 Å². The molecule has 2 aliphatic rings. The van der Waals surface area contributed by atoms with Crippen LogP contribution in [-0.4, -0.2) is 22.5 Å². The highest BCUT2D eigenvalue weighted by Gasteiger charge is 2.49. The molecule has 2 aromatic carbocycles. The molecule has 0 aromatic heterocycles. The van der Waals surface area contributed by atoms with Crippen LogP contribution in [0.5, 0.6) is 0 Å². The average molecular weight is 334 g/mol. The summed E-state index contributed by atoms with van der Waals surface area (Å²) in [7, 11) is 0. The number of hydrogen-bond acceptors (Lipinski definition) is 2. The Kier molecular flexibility index (Phi) is 4.34. The van der Waals surface area contributed by atoms with Crippen molar-refractivity contribution < 1.29 is 4.79 Å². The predicted octanol–water partition coefficient (Wildman–Crippen LogP) is 4.27. The number of piperidine rings is 1. The fraction of sp³-hybridized carbons (Fsp3) is 0.409. The number of fused-ring (bicyclic) bond motifs is 2. The molecule has 2 fully saturated rings. The summed E-state index contributed by atoms with van der Waals surface area (Å²) in [5, 5.41) is 3.41. The number of carbonyl (C=O) groups excluding carboxylic acids is 1. The first-order valence-corrected chi connectivity index (χ1v) is 9.36. The van der Waals surface area contributed by atoms with Gasteiger partial charge in [-0.15, -0.1) is 0 Å². The fourth-order valence-corrected chi connectivity index (χ4v) is 4.49. The van der Waals surface area contributed by atoms with Crippen molar-refractivity contribution >= 4 is 5.91 Å². The Labute approximate surface area is 150 Å². The van der Waals surface area contributed by atoms with Crippen molar-refractivity contribution in [1.29, 1.82) is 0 Å². The maximum Gasteiger partial charge on any atom is 0.252 e. The summed E-state index contributed by atoms with van der Waals surface area (Å²) in [4.78, 5) is 15.4. The minimum absolute atomic E-state index is 0.0528. The van der Waals surface area contributed by atoms with E-state index in [1.54, 1.807) is 0 Å². The van der Waals surface area contributed by atoms with Gasteiger partial charge in [-0.3, -0.25) is 9.69 Å². The third-order valence-corrected chi connectivity index (χ3v) is 5.87. The maximum atomic E-state index is 12.8. The lowest BCUT2D eigenvalue weighted by atomic mass is 9.95. The van der Waals surface area contributed by atoms with E-state index < -0.39 is 0 Å². The first-order chi connectivity index (χ1) is 12.2. The summed E-state index contributed by atoms with van der Waals surface area (Å²) < 4.78 is 0. The van der Waals surface area contributed by atoms with Gasteiger partial charge in [-0.1, -0.05) is 48.0 Å². The topological polar surface area (TPSA) is 32.3 Å². The zero-order chi connectivity index (χ0) is 17.3. The van der Waals surface area contributed by atoms with Gasteiger partial charge in [-0.25, -0.2) is 0 Å². The Balaban J connectivity index is 1.56. The van der Waals surface area contributed by atoms with E-state index in [-0.39, 0.29) is 11.6 Å². The molecule has 1 N–H and O–H groups in total. The number of amides is 1. The van der Waals surface area contributed by atoms with Crippen LogP contribution in [0, 0.1) is 6.92 Å². The van der Waals surface area contributed by atoms with Gasteiger partial charge < -0.3 is 5.32 Å². The Morgan fingerprint density at radius 2 is 1.84 bits per heavy atom. The van der Waals surface area contributed by atoms with Crippen LogP contribution in [0.1, 0.15) is 53.6 Å². The molecule has 2 unspecified atom stereocenters. The third-order valence-electron chi connectivity index (χ3n) is 5.87. The number of nitrogens with one attached hydrogen (secondary N) is 1. The number of aryl methyl sites for hydroxylation is 1. The smallest absolute Gasteiger partial charge is 0.252 e. The van der Waals surface area contributed by atoms with Gasteiger partial charge in [0.2, 0.25) is 0 Å². The Morgan fingerprint density at radius 3 is 2.60 bits per heavy atom. The van der Waals surface area contributed by atoms with Crippen molar-refractivity contribution in [3.05, 3.63) is 71.3 Å². The number of carbonyl (C=O) groups is 1. The highest BCUT2D eigenvalue weighted by Crippen LogP contribution is 2.43. The molecule has 2 saturated heterocycles. The maximum absolute atomic E-state index is 12.8. The summed E-state index contributed by atoms with van der Waals surface area (Å²) in [6.45, 7) is 3.04. The van der Waals surface area contributed by atoms with E-state index in [9.17, 15) is 4.79 Å². The zero-order valence-electron chi connectivity index (χ0n) is 14.9. The van der Waals surface area contributed by atoms with Crippen LogP contribution in [-0.2, 0) is 6.54 Å². The van der Waals surface area contributed by atoms with E-state index in [1.165, 1.54) is 30.4 Å². The van der Waals surface area contributed by atoms with Gasteiger partial charge in [-0.2, -0.15) is 0 Å². The van der Waals surface area contributed by atoms with Crippen molar-refractivity contribution in [2.24, 2.45) is 0 Å². The summed E-state index contributed by atoms with van der Waals surface area (Å²) >= 11 is 0. The van der Waals surface area contributed by atoms with Gasteiger partial charge in [0, 0.05) is 18.2 Å². The molecule has 1 amide bonds. The molecule has 2 bridgehead atoms. The van der Waals surface area contributed by atoms with Crippen LogP contribution >= 0.6 is 0 Å². The molecule has 25 heavy (non-hydrogen) atoms. The van der Waals surface area contributed by atoms with Crippen LogP contribution in [0.4, 0.5) is 0 Å². The summed E-state index contributed by atoms with van der Waals surface area (Å²) in [6.07, 6.45) is 5.73. The monoisotopic (exact) mass is 334 g/mol. The number of rotatable bonds is 4. The molecule has 0 saturated carbocycles. The normalized spacial score (nSPS) is 25.7. The quantitative estimate of drug-likeness (QED) is 0.905. The second-order valence-corrected chi connectivity index (χ2v) is 7.55. The molecule has 2 aromatic rings. The molecule has 4 rings (SSSR count). The summed E-state index contributed by atoms with van der Waals surface area (Å²) in [5.41, 5.74) is 3.19. The predicted molar refractivity (Wildman–Crippen MR) is 100 cm³/mol. The van der Waals surface area contributed by atoms with Crippen molar-refractivity contribution in [1.82, 2.24) is 10.2 Å². The zero-order valence-corrected chi connectivity index (χ0v) is 14.9. The Bertz CT molecular complexity index is 736. The molecule has 2 atom stereocenters. The van der Waals surface area contributed by atoms with Crippen LogP contribution in [0.3, 0.4) is 0 Å². The van der Waals surface area contributed by atoms with Crippen LogP contribution in [0.25, 0.3) is 0 Å². The molecular weight excluding hydrogens is 308 g/mol. The van der Waals surface area contributed by atoms with Gasteiger partial charge in [0.1, 0.15) is 0 Å². The van der Waals surface area contributed by atoms with Gasteiger partial charge in [0.25, 0.3) is 5.91 Å². The molecule has 3 heteroatoms. The van der Waals surface area contributed by atoms with Crippen molar-refractivity contribution in [3.8, 4) is 0 Å². The second kappa shape index (κ2) is 6.64. The Hall–Kier alpha value is -2.13. The van der Waals surface area contributed by atoms with E-state index in [0.29, 0.717) is 6.04 Å². The van der Waals surface area contributed by atoms with E-state index in [4.69, 9.17) is 0 Å². The lowest BCUT2D eigenvalue weighted by Crippen LogP contribution is -2.60. The lowest BCUT2D eigenvalue weighted by Gasteiger charge is -2.45. The van der Waals surface area contributed by atoms with E-state index in [2.05, 4.69) is 41.4 Å². The number of hydrogen-bond donors (Lipinski definition) is 1. The summed E-state index contributed by atoms with van der Waals surface area (Å²) in [5.74, 6) is 0.0528. The largest absolute Gasteiger partial charge is 0.334 e. The van der Waals surface area contributed by atoms with Crippen LogP contribution in [0.2, 0.25) is 0 Å². The lowest BCUT2D eigenvalue weighted by molar-refractivity contribution is 0.0185. The molecule has 2 aliphatic heterocycles. The molecular formula is C22H26N2O. The molecule has 0 aliphatic carbocycles. The third kappa shape index (κ3) is 3.21. The number of nitrogens with zero attached hydrogens (tertiary/aromatic N) is 1. The number of benzene rings is 2.